The monoisotopic (exact) mass is 368 g/mol. The number of nitrogens with zero attached hydrogens (tertiary/aromatic N) is 3. The maximum atomic E-state index is 12.8. The average molecular weight is 368 g/mol. The van der Waals surface area contributed by atoms with Crippen LogP contribution >= 0.6 is 0 Å². The maximum absolute atomic E-state index is 12.8. The molecule has 3 rings (SSSR count). The van der Waals surface area contributed by atoms with Crippen LogP contribution in [0.25, 0.3) is 0 Å². The number of hydrogen-bond donors (Lipinski definition) is 1. The van der Waals surface area contributed by atoms with E-state index in [0.29, 0.717) is 18.7 Å². The van der Waals surface area contributed by atoms with E-state index in [4.69, 9.17) is 4.74 Å². The van der Waals surface area contributed by atoms with E-state index in [2.05, 4.69) is 15.2 Å². The molecular formula is C18H23F3N4O. The lowest BCUT2D eigenvalue weighted by molar-refractivity contribution is -0.137. The highest BCUT2D eigenvalue weighted by molar-refractivity contribution is 5.26. The second-order valence-corrected chi connectivity index (χ2v) is 6.30. The molecule has 1 aliphatic heterocycles. The molecule has 0 spiro atoms. The van der Waals surface area contributed by atoms with Gasteiger partial charge in [0.25, 0.3) is 0 Å². The summed E-state index contributed by atoms with van der Waals surface area (Å²) >= 11 is 0. The minimum atomic E-state index is -4.32. The van der Waals surface area contributed by atoms with Crippen molar-refractivity contribution >= 4 is 0 Å². The largest absolute Gasteiger partial charge is 0.416 e. The summed E-state index contributed by atoms with van der Waals surface area (Å²) in [6.45, 7) is 6.18. The molecule has 142 valence electrons. The Morgan fingerprint density at radius 3 is 2.77 bits per heavy atom. The van der Waals surface area contributed by atoms with Gasteiger partial charge in [0.1, 0.15) is 5.82 Å². The Morgan fingerprint density at radius 2 is 2.00 bits per heavy atom. The van der Waals surface area contributed by atoms with Crippen molar-refractivity contribution in [1.82, 2.24) is 19.8 Å². The van der Waals surface area contributed by atoms with Gasteiger partial charge in [0.05, 0.1) is 25.3 Å². The quantitative estimate of drug-likeness (QED) is 0.762. The number of halogens is 3. The van der Waals surface area contributed by atoms with E-state index < -0.39 is 11.7 Å². The van der Waals surface area contributed by atoms with Crippen molar-refractivity contribution in [2.75, 3.05) is 39.4 Å². The van der Waals surface area contributed by atoms with Crippen molar-refractivity contribution in [2.24, 2.45) is 0 Å². The van der Waals surface area contributed by atoms with Crippen LogP contribution < -0.4 is 5.32 Å². The number of rotatable bonds is 7. The van der Waals surface area contributed by atoms with E-state index in [1.54, 1.807) is 18.5 Å². The van der Waals surface area contributed by atoms with Crippen molar-refractivity contribution in [3.05, 3.63) is 53.6 Å². The first-order valence-corrected chi connectivity index (χ1v) is 8.69. The molecule has 0 bridgehead atoms. The van der Waals surface area contributed by atoms with Gasteiger partial charge in [-0.05, 0) is 17.7 Å². The van der Waals surface area contributed by atoms with Gasteiger partial charge in [-0.25, -0.2) is 4.98 Å². The van der Waals surface area contributed by atoms with Gasteiger partial charge < -0.3 is 14.6 Å². The molecule has 1 aliphatic rings. The second kappa shape index (κ2) is 8.66. The number of benzene rings is 1. The topological polar surface area (TPSA) is 42.3 Å². The molecule has 0 atom stereocenters. The van der Waals surface area contributed by atoms with Gasteiger partial charge in [-0.1, -0.05) is 12.1 Å². The highest BCUT2D eigenvalue weighted by Crippen LogP contribution is 2.29. The number of morpholine rings is 1. The Kier molecular flexibility index (Phi) is 6.29. The zero-order valence-electron chi connectivity index (χ0n) is 14.5. The number of nitrogens with one attached hydrogen (secondary N) is 1. The molecule has 1 fully saturated rings. The van der Waals surface area contributed by atoms with E-state index in [9.17, 15) is 13.2 Å². The van der Waals surface area contributed by atoms with Gasteiger partial charge in [-0.2, -0.15) is 13.2 Å². The predicted molar refractivity (Wildman–Crippen MR) is 91.7 cm³/mol. The molecule has 0 unspecified atom stereocenters. The van der Waals surface area contributed by atoms with Crippen LogP contribution in [0.15, 0.2) is 36.7 Å². The molecule has 26 heavy (non-hydrogen) atoms. The Bertz CT molecular complexity index is 696. The van der Waals surface area contributed by atoms with Gasteiger partial charge in [0, 0.05) is 45.1 Å². The van der Waals surface area contributed by atoms with Crippen LogP contribution in [-0.2, 0) is 24.0 Å². The van der Waals surface area contributed by atoms with Gasteiger partial charge >= 0.3 is 6.18 Å². The summed E-state index contributed by atoms with van der Waals surface area (Å²) < 4.78 is 45.7. The summed E-state index contributed by atoms with van der Waals surface area (Å²) in [5, 5.41) is 3.35. The lowest BCUT2D eigenvalue weighted by Gasteiger charge is -2.26. The summed E-state index contributed by atoms with van der Waals surface area (Å²) in [6.07, 6.45) is -0.860. The summed E-state index contributed by atoms with van der Waals surface area (Å²) in [5.74, 6) is 0.810. The van der Waals surface area contributed by atoms with Crippen LogP contribution in [0, 0.1) is 0 Å². The average Bonchev–Trinajstić information content (AvgIpc) is 3.06. The molecule has 1 aromatic carbocycles. The van der Waals surface area contributed by atoms with Gasteiger partial charge in [0.2, 0.25) is 0 Å². The number of hydrogen-bond acceptors (Lipinski definition) is 4. The fourth-order valence-electron chi connectivity index (χ4n) is 2.96. The summed E-state index contributed by atoms with van der Waals surface area (Å²) in [5.41, 5.74) is -0.0207. The summed E-state index contributed by atoms with van der Waals surface area (Å²) in [4.78, 5) is 6.65. The predicted octanol–water partition coefficient (Wildman–Crippen LogP) is 2.37. The summed E-state index contributed by atoms with van der Waals surface area (Å²) in [6, 6.07) is 5.42. The van der Waals surface area contributed by atoms with Crippen molar-refractivity contribution in [2.45, 2.75) is 19.3 Å². The minimum Gasteiger partial charge on any atom is -0.379 e. The third-order valence-corrected chi connectivity index (χ3v) is 4.40. The van der Waals surface area contributed by atoms with E-state index in [1.807, 2.05) is 4.57 Å². The first kappa shape index (κ1) is 18.9. The fourth-order valence-corrected chi connectivity index (χ4v) is 2.96. The first-order chi connectivity index (χ1) is 12.5. The first-order valence-electron chi connectivity index (χ1n) is 8.69. The smallest absolute Gasteiger partial charge is 0.379 e. The normalized spacial score (nSPS) is 16.1. The van der Waals surface area contributed by atoms with E-state index >= 15 is 0 Å². The molecule has 5 nitrogen and oxygen atoms in total. The minimum absolute atomic E-state index is 0.365. The highest BCUT2D eigenvalue weighted by atomic mass is 19.4. The molecule has 1 aromatic heterocycles. The Labute approximate surface area is 150 Å². The van der Waals surface area contributed by atoms with Gasteiger partial charge in [0.15, 0.2) is 0 Å². The molecule has 2 heterocycles. The van der Waals surface area contributed by atoms with Crippen LogP contribution in [0.1, 0.15) is 17.0 Å². The molecule has 1 N–H and O–H groups in total. The van der Waals surface area contributed by atoms with Crippen LogP contribution in [0.4, 0.5) is 13.2 Å². The number of alkyl halides is 3. The Hall–Kier alpha value is -1.90. The Morgan fingerprint density at radius 1 is 1.19 bits per heavy atom. The van der Waals surface area contributed by atoms with Crippen LogP contribution in [0.5, 0.6) is 0 Å². The van der Waals surface area contributed by atoms with Crippen LogP contribution in [0.3, 0.4) is 0 Å². The third-order valence-electron chi connectivity index (χ3n) is 4.40. The van der Waals surface area contributed by atoms with E-state index in [0.717, 1.165) is 51.3 Å². The maximum Gasteiger partial charge on any atom is 0.416 e. The molecule has 0 amide bonds. The Balaban J connectivity index is 1.52. The number of aromatic nitrogens is 2. The van der Waals surface area contributed by atoms with E-state index in [-0.39, 0.29) is 0 Å². The van der Waals surface area contributed by atoms with E-state index in [1.165, 1.54) is 12.1 Å². The molecule has 2 aromatic rings. The standard InChI is InChI=1S/C18H23F3N4O/c19-18(20,21)16-3-1-2-15(12-16)14-25-7-5-23-17(25)13-22-4-6-24-8-10-26-11-9-24/h1-3,5,7,12,22H,4,6,8-11,13-14H2. The van der Waals surface area contributed by atoms with Crippen molar-refractivity contribution in [3.63, 3.8) is 0 Å². The SMILES string of the molecule is FC(F)(F)c1cccc(Cn2ccnc2CNCCN2CCOCC2)c1. The van der Waals surface area contributed by atoms with Gasteiger partial charge in [-0.3, -0.25) is 4.90 Å². The molecule has 0 saturated carbocycles. The van der Waals surface area contributed by atoms with Crippen LogP contribution in [0.2, 0.25) is 0 Å². The van der Waals surface area contributed by atoms with Crippen LogP contribution in [-0.4, -0.2) is 53.8 Å². The van der Waals surface area contributed by atoms with Crippen molar-refractivity contribution in [1.29, 1.82) is 0 Å². The number of imidazole rings is 1. The van der Waals surface area contributed by atoms with Crippen molar-refractivity contribution < 1.29 is 17.9 Å². The van der Waals surface area contributed by atoms with Crippen molar-refractivity contribution in [3.8, 4) is 0 Å². The molecule has 0 aliphatic carbocycles. The molecular weight excluding hydrogens is 345 g/mol. The zero-order chi connectivity index (χ0) is 18.4. The summed E-state index contributed by atoms with van der Waals surface area (Å²) in [7, 11) is 0. The molecule has 8 heteroatoms. The lowest BCUT2D eigenvalue weighted by atomic mass is 10.1. The highest BCUT2D eigenvalue weighted by Gasteiger charge is 2.30. The number of ether oxygens (including phenoxy) is 1. The lowest BCUT2D eigenvalue weighted by Crippen LogP contribution is -2.40. The molecule has 1 saturated heterocycles. The second-order valence-electron chi connectivity index (χ2n) is 6.30. The van der Waals surface area contributed by atoms with Gasteiger partial charge in [-0.15, -0.1) is 0 Å². The zero-order valence-corrected chi connectivity index (χ0v) is 14.5. The molecule has 0 radical (unpaired) electrons. The fraction of sp³-hybridized carbons (Fsp3) is 0.500. The third kappa shape index (κ3) is 5.30.